The highest BCUT2D eigenvalue weighted by Gasteiger charge is 2.23. The third-order valence-electron chi connectivity index (χ3n) is 3.34. The fourth-order valence-electron chi connectivity index (χ4n) is 2.06. The van der Waals surface area contributed by atoms with Crippen LogP contribution in [0.4, 0.5) is 11.4 Å². The maximum atomic E-state index is 12.2. The third-order valence-corrected chi connectivity index (χ3v) is 3.34. The van der Waals surface area contributed by atoms with Crippen molar-refractivity contribution in [2.45, 2.75) is 13.0 Å². The number of nitro benzene ring substituents is 1. The summed E-state index contributed by atoms with van der Waals surface area (Å²) in [6.07, 6.45) is -1.16. The first-order valence-corrected chi connectivity index (χ1v) is 7.32. The van der Waals surface area contributed by atoms with Gasteiger partial charge in [-0.2, -0.15) is 0 Å². The first kappa shape index (κ1) is 17.9. The van der Waals surface area contributed by atoms with Crippen LogP contribution in [-0.2, 0) is 9.53 Å². The van der Waals surface area contributed by atoms with Gasteiger partial charge in [0.2, 0.25) is 0 Å². The summed E-state index contributed by atoms with van der Waals surface area (Å²) < 4.78 is 10.2. The molecule has 0 aliphatic rings. The second kappa shape index (κ2) is 7.91. The Bertz CT molecular complexity index is 805. The van der Waals surface area contributed by atoms with E-state index in [0.717, 1.165) is 0 Å². The molecule has 0 saturated carbocycles. The molecule has 1 N–H and O–H groups in total. The van der Waals surface area contributed by atoms with E-state index in [1.807, 2.05) is 0 Å². The Kier molecular flexibility index (Phi) is 5.67. The molecule has 8 heteroatoms. The highest BCUT2D eigenvalue weighted by molar-refractivity contribution is 5.99. The number of hydrogen-bond acceptors (Lipinski definition) is 6. The highest BCUT2D eigenvalue weighted by atomic mass is 16.6. The van der Waals surface area contributed by atoms with Crippen LogP contribution >= 0.6 is 0 Å². The molecular weight excluding hydrogens is 328 g/mol. The van der Waals surface area contributed by atoms with Gasteiger partial charge in [-0.3, -0.25) is 14.9 Å². The topological polar surface area (TPSA) is 108 Å². The summed E-state index contributed by atoms with van der Waals surface area (Å²) in [6.45, 7) is 1.37. The standard InChI is InChI=1S/C17H16N2O6/c1-11(25-17(21)12-7-3-6-10-15(12)24-2)16(20)18-13-8-4-5-9-14(13)19(22)23/h3-11H,1-2H3,(H,18,20)/t11-/m1/s1. The molecule has 0 bridgehead atoms. The van der Waals surface area contributed by atoms with Crippen LogP contribution in [0, 0.1) is 10.1 Å². The van der Waals surface area contributed by atoms with Crippen molar-refractivity contribution >= 4 is 23.3 Å². The number of ether oxygens (including phenoxy) is 2. The molecule has 0 fully saturated rings. The number of anilines is 1. The Balaban J connectivity index is 2.08. The SMILES string of the molecule is COc1ccccc1C(=O)O[C@H](C)C(=O)Nc1ccccc1[N+](=O)[O-]. The molecule has 8 nitrogen and oxygen atoms in total. The van der Waals surface area contributed by atoms with Crippen LogP contribution in [0.3, 0.4) is 0 Å². The number of nitro groups is 1. The number of methoxy groups -OCH3 is 1. The van der Waals surface area contributed by atoms with Crippen molar-refractivity contribution in [3.8, 4) is 5.75 Å². The molecule has 25 heavy (non-hydrogen) atoms. The number of esters is 1. The Labute approximate surface area is 143 Å². The monoisotopic (exact) mass is 344 g/mol. The fourth-order valence-corrected chi connectivity index (χ4v) is 2.06. The number of hydrogen-bond donors (Lipinski definition) is 1. The predicted octanol–water partition coefficient (Wildman–Crippen LogP) is 2.79. The maximum Gasteiger partial charge on any atom is 0.342 e. The summed E-state index contributed by atoms with van der Waals surface area (Å²) in [5.74, 6) is -1.10. The lowest BCUT2D eigenvalue weighted by atomic mass is 10.2. The van der Waals surface area contributed by atoms with E-state index in [2.05, 4.69) is 5.32 Å². The lowest BCUT2D eigenvalue weighted by Crippen LogP contribution is -2.30. The summed E-state index contributed by atoms with van der Waals surface area (Å²) >= 11 is 0. The van der Waals surface area contributed by atoms with Crippen LogP contribution in [0.5, 0.6) is 5.75 Å². The number of para-hydroxylation sites is 3. The van der Waals surface area contributed by atoms with Crippen LogP contribution in [0.25, 0.3) is 0 Å². The van der Waals surface area contributed by atoms with Crippen molar-refractivity contribution in [2.75, 3.05) is 12.4 Å². The molecule has 0 aliphatic heterocycles. The van der Waals surface area contributed by atoms with Crippen molar-refractivity contribution in [3.05, 3.63) is 64.2 Å². The van der Waals surface area contributed by atoms with Crippen molar-refractivity contribution in [1.29, 1.82) is 0 Å². The van der Waals surface area contributed by atoms with Crippen molar-refractivity contribution in [1.82, 2.24) is 0 Å². The molecule has 1 amide bonds. The van der Waals surface area contributed by atoms with Gasteiger partial charge in [-0.15, -0.1) is 0 Å². The van der Waals surface area contributed by atoms with Gasteiger partial charge in [-0.1, -0.05) is 24.3 Å². The van der Waals surface area contributed by atoms with E-state index in [0.29, 0.717) is 5.75 Å². The molecule has 0 saturated heterocycles. The van der Waals surface area contributed by atoms with Gasteiger partial charge in [0.05, 0.1) is 12.0 Å². The minimum absolute atomic E-state index is 0.0256. The number of amides is 1. The molecule has 2 rings (SSSR count). The minimum atomic E-state index is -1.16. The Morgan fingerprint density at radius 1 is 1.12 bits per heavy atom. The normalized spacial score (nSPS) is 11.3. The predicted molar refractivity (Wildman–Crippen MR) is 89.6 cm³/mol. The number of rotatable bonds is 6. The Morgan fingerprint density at radius 2 is 1.76 bits per heavy atom. The highest BCUT2D eigenvalue weighted by Crippen LogP contribution is 2.24. The molecule has 0 spiro atoms. The van der Waals surface area contributed by atoms with Gasteiger partial charge < -0.3 is 14.8 Å². The molecule has 2 aromatic rings. The van der Waals surface area contributed by atoms with Crippen LogP contribution in [0.15, 0.2) is 48.5 Å². The van der Waals surface area contributed by atoms with Crippen LogP contribution in [0.2, 0.25) is 0 Å². The van der Waals surface area contributed by atoms with Crippen molar-refractivity contribution < 1.29 is 24.0 Å². The summed E-state index contributed by atoms with van der Waals surface area (Å²) in [5.41, 5.74) is -0.0489. The summed E-state index contributed by atoms with van der Waals surface area (Å²) in [6, 6.07) is 12.1. The average molecular weight is 344 g/mol. The second-order valence-corrected chi connectivity index (χ2v) is 5.01. The molecule has 0 heterocycles. The van der Waals surface area contributed by atoms with Crippen LogP contribution in [0.1, 0.15) is 17.3 Å². The van der Waals surface area contributed by atoms with E-state index in [-0.39, 0.29) is 16.9 Å². The quantitative estimate of drug-likeness (QED) is 0.490. The van der Waals surface area contributed by atoms with Gasteiger partial charge in [0, 0.05) is 6.07 Å². The van der Waals surface area contributed by atoms with E-state index in [9.17, 15) is 19.7 Å². The zero-order valence-electron chi connectivity index (χ0n) is 13.6. The average Bonchev–Trinajstić information content (AvgIpc) is 2.61. The molecule has 1 atom stereocenters. The Hall–Kier alpha value is -3.42. The number of nitrogens with zero attached hydrogens (tertiary/aromatic N) is 1. The molecule has 2 aromatic carbocycles. The van der Waals surface area contributed by atoms with Crippen LogP contribution < -0.4 is 10.1 Å². The lowest BCUT2D eigenvalue weighted by molar-refractivity contribution is -0.383. The molecule has 0 aromatic heterocycles. The zero-order chi connectivity index (χ0) is 18.4. The maximum absolute atomic E-state index is 12.2. The van der Waals surface area contributed by atoms with E-state index in [1.54, 1.807) is 24.3 Å². The van der Waals surface area contributed by atoms with E-state index in [4.69, 9.17) is 9.47 Å². The summed E-state index contributed by atoms with van der Waals surface area (Å²) in [4.78, 5) is 34.7. The number of carbonyl (C=O) groups is 2. The summed E-state index contributed by atoms with van der Waals surface area (Å²) in [7, 11) is 1.41. The van der Waals surface area contributed by atoms with E-state index < -0.39 is 22.9 Å². The largest absolute Gasteiger partial charge is 0.496 e. The van der Waals surface area contributed by atoms with Gasteiger partial charge in [-0.05, 0) is 25.1 Å². The van der Waals surface area contributed by atoms with Gasteiger partial charge in [0.25, 0.3) is 11.6 Å². The fraction of sp³-hybridized carbons (Fsp3) is 0.176. The van der Waals surface area contributed by atoms with Crippen molar-refractivity contribution in [3.63, 3.8) is 0 Å². The summed E-state index contributed by atoms with van der Waals surface area (Å²) in [5, 5.41) is 13.3. The third kappa shape index (κ3) is 4.31. The molecular formula is C17H16N2O6. The number of nitrogens with one attached hydrogen (secondary N) is 1. The van der Waals surface area contributed by atoms with Crippen molar-refractivity contribution in [2.24, 2.45) is 0 Å². The first-order chi connectivity index (χ1) is 11.9. The molecule has 0 unspecified atom stereocenters. The van der Waals surface area contributed by atoms with Crippen LogP contribution in [-0.4, -0.2) is 30.0 Å². The smallest absolute Gasteiger partial charge is 0.342 e. The van der Waals surface area contributed by atoms with E-state index >= 15 is 0 Å². The zero-order valence-corrected chi connectivity index (χ0v) is 13.6. The van der Waals surface area contributed by atoms with Gasteiger partial charge in [-0.25, -0.2) is 4.79 Å². The lowest BCUT2D eigenvalue weighted by Gasteiger charge is -2.14. The minimum Gasteiger partial charge on any atom is -0.496 e. The molecule has 130 valence electrons. The van der Waals surface area contributed by atoms with Gasteiger partial charge >= 0.3 is 5.97 Å². The number of benzene rings is 2. The number of carbonyl (C=O) groups excluding carboxylic acids is 2. The first-order valence-electron chi connectivity index (χ1n) is 7.32. The molecule has 0 radical (unpaired) electrons. The van der Waals surface area contributed by atoms with E-state index in [1.165, 1.54) is 38.3 Å². The Morgan fingerprint density at radius 3 is 2.44 bits per heavy atom. The molecule has 0 aliphatic carbocycles. The van der Waals surface area contributed by atoms with Gasteiger partial charge in [0.1, 0.15) is 17.0 Å². The van der Waals surface area contributed by atoms with Gasteiger partial charge in [0.15, 0.2) is 6.10 Å². The second-order valence-electron chi connectivity index (χ2n) is 5.01.